The predicted octanol–water partition coefficient (Wildman–Crippen LogP) is 3.63. The van der Waals surface area contributed by atoms with Crippen LogP contribution in [0.25, 0.3) is 11.3 Å². The normalized spacial score (nSPS) is 12.2. The van der Waals surface area contributed by atoms with Gasteiger partial charge in [-0.2, -0.15) is 18.3 Å². The van der Waals surface area contributed by atoms with Gasteiger partial charge in [0.15, 0.2) is 0 Å². The third-order valence-corrected chi connectivity index (χ3v) is 5.96. The van der Waals surface area contributed by atoms with Gasteiger partial charge in [0, 0.05) is 17.3 Å². The van der Waals surface area contributed by atoms with Gasteiger partial charge in [-0.1, -0.05) is 18.2 Å². The minimum atomic E-state index is -4.61. The summed E-state index contributed by atoms with van der Waals surface area (Å²) in [5, 5.41) is 4.31. The van der Waals surface area contributed by atoms with Crippen LogP contribution in [0, 0.1) is 0 Å². The second-order valence-electron chi connectivity index (χ2n) is 7.22. The number of carbonyl (C=O) groups is 1. The van der Waals surface area contributed by atoms with Crippen molar-refractivity contribution in [2.45, 2.75) is 31.0 Å². The monoisotopic (exact) mass is 467 g/mol. The van der Waals surface area contributed by atoms with E-state index >= 15 is 0 Å². The Bertz CT molecular complexity index is 1270. The number of rotatable bonds is 6. The largest absolute Gasteiger partial charge is 0.416 e. The molecule has 0 spiro atoms. The predicted molar refractivity (Wildman–Crippen MR) is 113 cm³/mol. The summed E-state index contributed by atoms with van der Waals surface area (Å²) in [6.45, 7) is 3.63. The molecule has 1 aromatic heterocycles. The molecule has 12 heteroatoms. The van der Waals surface area contributed by atoms with Gasteiger partial charge in [0.05, 0.1) is 10.5 Å². The summed E-state index contributed by atoms with van der Waals surface area (Å²) >= 11 is 0. The maximum absolute atomic E-state index is 12.9. The van der Waals surface area contributed by atoms with Crippen molar-refractivity contribution in [3.05, 3.63) is 59.7 Å². The third-order valence-electron chi connectivity index (χ3n) is 4.56. The van der Waals surface area contributed by atoms with Crippen LogP contribution >= 0.6 is 0 Å². The molecule has 3 rings (SSSR count). The number of amides is 1. The van der Waals surface area contributed by atoms with Crippen molar-refractivity contribution >= 4 is 27.4 Å². The number of nitrogens with one attached hydrogen (secondary N) is 1. The Morgan fingerprint density at radius 2 is 1.75 bits per heavy atom. The average Bonchev–Trinajstić information content (AvgIpc) is 3.05. The van der Waals surface area contributed by atoms with E-state index in [9.17, 15) is 26.4 Å². The lowest BCUT2D eigenvalue weighted by atomic mass is 10.1. The van der Waals surface area contributed by atoms with Crippen molar-refractivity contribution in [1.29, 1.82) is 0 Å². The molecule has 0 unspecified atom stereocenters. The molecular weight excluding hydrogens is 447 g/mol. The van der Waals surface area contributed by atoms with Gasteiger partial charge in [0.25, 0.3) is 15.9 Å². The Hall–Kier alpha value is -3.54. The Morgan fingerprint density at radius 3 is 2.28 bits per heavy atom. The number of sulfonamides is 1. The molecule has 8 nitrogen and oxygen atoms in total. The van der Waals surface area contributed by atoms with Gasteiger partial charge in [-0.25, -0.2) is 13.1 Å². The molecule has 32 heavy (non-hydrogen) atoms. The van der Waals surface area contributed by atoms with Crippen molar-refractivity contribution in [2.75, 3.05) is 10.5 Å². The lowest BCUT2D eigenvalue weighted by molar-refractivity contribution is -0.137. The molecule has 0 fully saturated rings. The van der Waals surface area contributed by atoms with Crippen LogP contribution < -0.4 is 16.2 Å². The highest BCUT2D eigenvalue weighted by atomic mass is 32.2. The van der Waals surface area contributed by atoms with Gasteiger partial charge in [-0.15, -0.1) is 0 Å². The molecule has 0 radical (unpaired) electrons. The zero-order chi connectivity index (χ0) is 23.8. The Kier molecular flexibility index (Phi) is 5.92. The van der Waals surface area contributed by atoms with Gasteiger partial charge in [0.2, 0.25) is 0 Å². The highest BCUT2D eigenvalue weighted by Gasteiger charge is 2.31. The van der Waals surface area contributed by atoms with Crippen LogP contribution in [-0.4, -0.2) is 24.1 Å². The van der Waals surface area contributed by atoms with Gasteiger partial charge in [-0.05, 0) is 44.2 Å². The lowest BCUT2D eigenvalue weighted by Crippen LogP contribution is -2.15. The lowest BCUT2D eigenvalue weighted by Gasteiger charge is -2.11. The number of nitrogens with two attached hydrogens (primary N) is 2. The Balaban J connectivity index is 1.94. The van der Waals surface area contributed by atoms with Crippen LogP contribution in [0.15, 0.2) is 53.4 Å². The maximum atomic E-state index is 12.9. The number of hydrogen-bond donors (Lipinski definition) is 3. The summed E-state index contributed by atoms with van der Waals surface area (Å²) in [5.41, 5.74) is 10.8. The summed E-state index contributed by atoms with van der Waals surface area (Å²) < 4.78 is 67.4. The first-order valence-corrected chi connectivity index (χ1v) is 10.8. The molecule has 0 bridgehead atoms. The standard InChI is InChI=1S/C20H20F3N5O3S/c1-11(2)28-18(24)16(19(25)29)17(26-28)12-6-8-15(9-7-12)32(30,31)27-14-5-3-4-13(10-14)20(21,22)23/h3-11,27H,24H2,1-2H3,(H2,25,29). The van der Waals surface area contributed by atoms with Crippen LogP contribution in [0.4, 0.5) is 24.7 Å². The van der Waals surface area contributed by atoms with E-state index in [-0.39, 0.29) is 33.7 Å². The fourth-order valence-electron chi connectivity index (χ4n) is 3.05. The maximum Gasteiger partial charge on any atom is 0.416 e. The smallest absolute Gasteiger partial charge is 0.383 e. The topological polar surface area (TPSA) is 133 Å². The van der Waals surface area contributed by atoms with E-state index in [0.717, 1.165) is 12.1 Å². The summed E-state index contributed by atoms with van der Waals surface area (Å²) in [5.74, 6) is -0.697. The van der Waals surface area contributed by atoms with Crippen molar-refractivity contribution in [3.63, 3.8) is 0 Å². The number of nitrogens with zero attached hydrogens (tertiary/aromatic N) is 2. The highest BCUT2D eigenvalue weighted by molar-refractivity contribution is 7.92. The molecular formula is C20H20F3N5O3S. The first-order chi connectivity index (χ1) is 14.8. The quantitative estimate of drug-likeness (QED) is 0.509. The molecule has 0 aliphatic carbocycles. The molecule has 0 aliphatic rings. The first-order valence-electron chi connectivity index (χ1n) is 9.29. The molecule has 170 valence electrons. The Labute approximate surface area is 182 Å². The number of halogens is 3. The number of primary amides is 1. The van der Waals surface area contributed by atoms with E-state index in [1.54, 1.807) is 0 Å². The fourth-order valence-corrected chi connectivity index (χ4v) is 4.10. The van der Waals surface area contributed by atoms with Crippen molar-refractivity contribution in [1.82, 2.24) is 9.78 Å². The van der Waals surface area contributed by atoms with E-state index in [1.165, 1.54) is 35.0 Å². The number of carbonyl (C=O) groups excluding carboxylic acids is 1. The number of aromatic nitrogens is 2. The summed E-state index contributed by atoms with van der Waals surface area (Å²) in [6.07, 6.45) is -4.61. The molecule has 5 N–H and O–H groups in total. The molecule has 0 atom stereocenters. The van der Waals surface area contributed by atoms with Crippen molar-refractivity contribution < 1.29 is 26.4 Å². The number of nitrogen functional groups attached to an aromatic ring is 1. The molecule has 1 heterocycles. The van der Waals surface area contributed by atoms with E-state index in [0.29, 0.717) is 11.6 Å². The minimum absolute atomic E-state index is 0.0106. The fraction of sp³-hybridized carbons (Fsp3) is 0.200. The summed E-state index contributed by atoms with van der Waals surface area (Å²) in [6, 6.07) is 8.97. The van der Waals surface area contributed by atoms with Gasteiger partial charge in [0.1, 0.15) is 17.1 Å². The van der Waals surface area contributed by atoms with Crippen LogP contribution in [0.5, 0.6) is 0 Å². The molecule has 0 aliphatic heterocycles. The second-order valence-corrected chi connectivity index (χ2v) is 8.90. The molecule has 1 amide bonds. The zero-order valence-electron chi connectivity index (χ0n) is 17.0. The van der Waals surface area contributed by atoms with E-state index in [4.69, 9.17) is 11.5 Å². The van der Waals surface area contributed by atoms with Crippen LogP contribution in [0.1, 0.15) is 35.8 Å². The number of anilines is 2. The van der Waals surface area contributed by atoms with Gasteiger partial charge in [-0.3, -0.25) is 9.52 Å². The van der Waals surface area contributed by atoms with E-state index < -0.39 is 27.7 Å². The van der Waals surface area contributed by atoms with Crippen molar-refractivity contribution in [3.8, 4) is 11.3 Å². The highest BCUT2D eigenvalue weighted by Crippen LogP contribution is 2.32. The first kappa shape index (κ1) is 23.1. The molecule has 0 saturated heterocycles. The average molecular weight is 467 g/mol. The summed E-state index contributed by atoms with van der Waals surface area (Å²) in [4.78, 5) is 11.7. The van der Waals surface area contributed by atoms with Crippen LogP contribution in [0.2, 0.25) is 0 Å². The SMILES string of the molecule is CC(C)n1nc(-c2ccc(S(=O)(=O)Nc3cccc(C(F)(F)F)c3)cc2)c(C(N)=O)c1N. The van der Waals surface area contributed by atoms with Gasteiger partial charge < -0.3 is 11.5 Å². The third kappa shape index (κ3) is 4.54. The number of alkyl halides is 3. The van der Waals surface area contributed by atoms with Crippen LogP contribution in [-0.2, 0) is 16.2 Å². The summed E-state index contributed by atoms with van der Waals surface area (Å²) in [7, 11) is -4.18. The van der Waals surface area contributed by atoms with E-state index in [2.05, 4.69) is 9.82 Å². The molecule has 0 saturated carbocycles. The molecule has 3 aromatic rings. The van der Waals surface area contributed by atoms with Gasteiger partial charge >= 0.3 is 6.18 Å². The molecule has 2 aromatic carbocycles. The number of benzene rings is 2. The second kappa shape index (κ2) is 8.19. The zero-order valence-corrected chi connectivity index (χ0v) is 17.8. The minimum Gasteiger partial charge on any atom is -0.383 e. The Morgan fingerprint density at radius 1 is 1.12 bits per heavy atom. The van der Waals surface area contributed by atoms with E-state index in [1.807, 2.05) is 13.8 Å². The number of hydrogen-bond acceptors (Lipinski definition) is 5. The van der Waals surface area contributed by atoms with Crippen molar-refractivity contribution in [2.24, 2.45) is 5.73 Å². The van der Waals surface area contributed by atoms with Crippen LogP contribution in [0.3, 0.4) is 0 Å².